The van der Waals surface area contributed by atoms with Crippen LogP contribution < -0.4 is 4.90 Å². The lowest BCUT2D eigenvalue weighted by atomic mass is 10.2. The second-order valence-electron chi connectivity index (χ2n) is 4.59. The quantitative estimate of drug-likeness (QED) is 0.863. The second-order valence-corrected chi connectivity index (χ2v) is 4.59. The van der Waals surface area contributed by atoms with Gasteiger partial charge in [-0.25, -0.2) is 9.50 Å². The molecule has 0 spiro atoms. The summed E-state index contributed by atoms with van der Waals surface area (Å²) in [6, 6.07) is 3.57. The van der Waals surface area contributed by atoms with E-state index in [9.17, 15) is 4.79 Å². The van der Waals surface area contributed by atoms with Crippen molar-refractivity contribution in [2.45, 2.75) is 13.8 Å². The second kappa shape index (κ2) is 5.03. The summed E-state index contributed by atoms with van der Waals surface area (Å²) < 4.78 is 1.65. The molecule has 0 bridgehead atoms. The Kier molecular flexibility index (Phi) is 3.45. The van der Waals surface area contributed by atoms with E-state index in [2.05, 4.69) is 10.1 Å². The summed E-state index contributed by atoms with van der Waals surface area (Å²) in [5.74, 6) is 0.178. The van der Waals surface area contributed by atoms with Crippen LogP contribution in [-0.2, 0) is 4.79 Å². The third-order valence-corrected chi connectivity index (χ3v) is 2.48. The van der Waals surface area contributed by atoms with Crippen LogP contribution in [0.15, 0.2) is 24.5 Å². The zero-order valence-corrected chi connectivity index (χ0v) is 10.4. The molecule has 2 aromatic heterocycles. The topological polar surface area (TPSA) is 70.7 Å². The van der Waals surface area contributed by atoms with Gasteiger partial charge in [0.2, 0.25) is 0 Å². The summed E-state index contributed by atoms with van der Waals surface area (Å²) in [4.78, 5) is 17.1. The summed E-state index contributed by atoms with van der Waals surface area (Å²) in [6.07, 6.45) is 3.45. The highest BCUT2D eigenvalue weighted by atomic mass is 16.4. The Morgan fingerprint density at radius 3 is 2.94 bits per heavy atom. The van der Waals surface area contributed by atoms with E-state index in [0.717, 1.165) is 0 Å². The predicted octanol–water partition coefficient (Wildman–Crippen LogP) is 1.28. The van der Waals surface area contributed by atoms with Crippen LogP contribution in [0.25, 0.3) is 5.65 Å². The van der Waals surface area contributed by atoms with Crippen LogP contribution in [-0.4, -0.2) is 38.8 Å². The third-order valence-electron chi connectivity index (χ3n) is 2.48. The number of carboxylic acid groups (broad SMARTS) is 1. The van der Waals surface area contributed by atoms with Gasteiger partial charge < -0.3 is 10.0 Å². The van der Waals surface area contributed by atoms with E-state index in [1.54, 1.807) is 33.9 Å². The highest BCUT2D eigenvalue weighted by Gasteiger charge is 2.14. The molecule has 0 saturated carbocycles. The van der Waals surface area contributed by atoms with Crippen molar-refractivity contribution in [3.63, 3.8) is 0 Å². The molecular formula is C12H16N4O2. The van der Waals surface area contributed by atoms with Gasteiger partial charge in [0.1, 0.15) is 12.4 Å². The normalized spacial score (nSPS) is 11.1. The summed E-state index contributed by atoms with van der Waals surface area (Å²) in [6.45, 7) is 4.71. The van der Waals surface area contributed by atoms with Crippen molar-refractivity contribution in [1.29, 1.82) is 0 Å². The van der Waals surface area contributed by atoms with Gasteiger partial charge in [-0.1, -0.05) is 13.8 Å². The maximum atomic E-state index is 10.9. The highest BCUT2D eigenvalue weighted by molar-refractivity contribution is 5.73. The number of rotatable bonds is 5. The number of fused-ring (bicyclic) bond motifs is 1. The monoisotopic (exact) mass is 248 g/mol. The summed E-state index contributed by atoms with van der Waals surface area (Å²) >= 11 is 0. The number of hydrogen-bond donors (Lipinski definition) is 1. The Balaban J connectivity index is 2.30. The van der Waals surface area contributed by atoms with Crippen LogP contribution in [0.3, 0.4) is 0 Å². The Morgan fingerprint density at radius 1 is 1.50 bits per heavy atom. The van der Waals surface area contributed by atoms with Gasteiger partial charge in [-0.15, -0.1) is 0 Å². The molecule has 0 aliphatic heterocycles. The van der Waals surface area contributed by atoms with E-state index in [4.69, 9.17) is 5.11 Å². The first-order valence-corrected chi connectivity index (χ1v) is 5.83. The van der Waals surface area contributed by atoms with Gasteiger partial charge in [-0.2, -0.15) is 5.10 Å². The average molecular weight is 248 g/mol. The lowest BCUT2D eigenvalue weighted by Gasteiger charge is -2.23. The van der Waals surface area contributed by atoms with Gasteiger partial charge in [0, 0.05) is 18.8 Å². The zero-order chi connectivity index (χ0) is 13.1. The standard InChI is InChI=1S/C12H16N4O2/c1-9(2)7-15(8-12(17)18)10-4-6-16-11(14-10)3-5-13-16/h3-6,9H,7-8H2,1-2H3,(H,17,18). The van der Waals surface area contributed by atoms with Crippen molar-refractivity contribution in [2.24, 2.45) is 5.92 Å². The number of carboxylic acids is 1. The lowest BCUT2D eigenvalue weighted by molar-refractivity contribution is -0.135. The molecule has 0 radical (unpaired) electrons. The molecular weight excluding hydrogens is 232 g/mol. The molecule has 2 heterocycles. The molecule has 96 valence electrons. The molecule has 2 aromatic rings. The maximum Gasteiger partial charge on any atom is 0.323 e. The summed E-state index contributed by atoms with van der Waals surface area (Å²) in [5, 5.41) is 13.0. The first-order valence-electron chi connectivity index (χ1n) is 5.83. The minimum Gasteiger partial charge on any atom is -0.480 e. The van der Waals surface area contributed by atoms with Crippen LogP contribution >= 0.6 is 0 Å². The third kappa shape index (κ3) is 2.77. The molecule has 0 atom stereocenters. The van der Waals surface area contributed by atoms with Gasteiger partial charge in [0.15, 0.2) is 5.65 Å². The molecule has 6 heteroatoms. The largest absolute Gasteiger partial charge is 0.480 e. The average Bonchev–Trinajstić information content (AvgIpc) is 2.73. The van der Waals surface area contributed by atoms with Gasteiger partial charge >= 0.3 is 5.97 Å². The molecule has 0 aliphatic rings. The molecule has 0 amide bonds. The number of aliphatic carboxylic acids is 1. The maximum absolute atomic E-state index is 10.9. The molecule has 0 aliphatic carbocycles. The Hall–Kier alpha value is -2.11. The fourth-order valence-electron chi connectivity index (χ4n) is 1.82. The fraction of sp³-hybridized carbons (Fsp3) is 0.417. The number of hydrogen-bond acceptors (Lipinski definition) is 4. The van der Waals surface area contributed by atoms with Crippen LogP contribution in [0.2, 0.25) is 0 Å². The van der Waals surface area contributed by atoms with E-state index < -0.39 is 5.97 Å². The lowest BCUT2D eigenvalue weighted by Crippen LogP contribution is -2.33. The van der Waals surface area contributed by atoms with Gasteiger partial charge in [0.05, 0.1) is 6.20 Å². The van der Waals surface area contributed by atoms with Gasteiger partial charge in [-0.05, 0) is 12.0 Å². The molecule has 1 N–H and O–H groups in total. The molecule has 0 aromatic carbocycles. The van der Waals surface area contributed by atoms with Crippen LogP contribution in [0.5, 0.6) is 0 Å². The van der Waals surface area contributed by atoms with Crippen molar-refractivity contribution in [1.82, 2.24) is 14.6 Å². The van der Waals surface area contributed by atoms with E-state index in [0.29, 0.717) is 23.9 Å². The number of aromatic nitrogens is 3. The molecule has 0 unspecified atom stereocenters. The van der Waals surface area contributed by atoms with E-state index in [1.807, 2.05) is 13.8 Å². The summed E-state index contributed by atoms with van der Waals surface area (Å²) in [5.41, 5.74) is 0.714. The summed E-state index contributed by atoms with van der Waals surface area (Å²) in [7, 11) is 0. The van der Waals surface area contributed by atoms with Crippen molar-refractivity contribution in [3.8, 4) is 0 Å². The number of carbonyl (C=O) groups is 1. The Morgan fingerprint density at radius 2 is 2.28 bits per heavy atom. The fourth-order valence-corrected chi connectivity index (χ4v) is 1.82. The molecule has 0 fully saturated rings. The van der Waals surface area contributed by atoms with Crippen LogP contribution in [0.4, 0.5) is 5.82 Å². The minimum atomic E-state index is -0.856. The van der Waals surface area contributed by atoms with Crippen molar-refractivity contribution in [3.05, 3.63) is 24.5 Å². The Labute approximate surface area is 105 Å². The van der Waals surface area contributed by atoms with Crippen molar-refractivity contribution in [2.75, 3.05) is 18.0 Å². The van der Waals surface area contributed by atoms with Crippen molar-refractivity contribution >= 4 is 17.4 Å². The number of nitrogens with zero attached hydrogens (tertiary/aromatic N) is 4. The highest BCUT2D eigenvalue weighted by Crippen LogP contribution is 2.13. The first kappa shape index (κ1) is 12.3. The van der Waals surface area contributed by atoms with Gasteiger partial charge in [-0.3, -0.25) is 4.79 Å². The smallest absolute Gasteiger partial charge is 0.323 e. The number of anilines is 1. The molecule has 2 rings (SSSR count). The predicted molar refractivity (Wildman–Crippen MR) is 67.7 cm³/mol. The van der Waals surface area contributed by atoms with Crippen LogP contribution in [0, 0.1) is 5.92 Å². The SMILES string of the molecule is CC(C)CN(CC(=O)O)c1ccn2nccc2n1. The molecule has 0 saturated heterocycles. The van der Waals surface area contributed by atoms with E-state index >= 15 is 0 Å². The first-order chi connectivity index (χ1) is 8.56. The van der Waals surface area contributed by atoms with Crippen molar-refractivity contribution < 1.29 is 9.90 Å². The van der Waals surface area contributed by atoms with Crippen LogP contribution in [0.1, 0.15) is 13.8 Å². The van der Waals surface area contributed by atoms with E-state index in [-0.39, 0.29) is 6.54 Å². The van der Waals surface area contributed by atoms with E-state index in [1.165, 1.54) is 0 Å². The molecule has 18 heavy (non-hydrogen) atoms. The molecule has 6 nitrogen and oxygen atoms in total. The van der Waals surface area contributed by atoms with Gasteiger partial charge in [0.25, 0.3) is 0 Å². The zero-order valence-electron chi connectivity index (χ0n) is 10.4. The minimum absolute atomic E-state index is 0.0461. The Bertz CT molecular complexity index is 550.